The molecule has 1 heterocycles. The van der Waals surface area contributed by atoms with E-state index in [4.69, 9.17) is 0 Å². The van der Waals surface area contributed by atoms with Gasteiger partial charge in [0.05, 0.1) is 0 Å². The quantitative estimate of drug-likeness (QED) is 0.683. The van der Waals surface area contributed by atoms with E-state index in [1.54, 1.807) is 0 Å². The molecule has 88 valence electrons. The molecule has 0 unspecified atom stereocenters. The van der Waals surface area contributed by atoms with Crippen molar-refractivity contribution in [3.63, 3.8) is 0 Å². The first-order valence-corrected chi connectivity index (χ1v) is 6.55. The zero-order chi connectivity index (χ0) is 11.1. The molecule has 1 amide bonds. The summed E-state index contributed by atoms with van der Waals surface area (Å²) in [6.45, 7) is 6.40. The van der Waals surface area contributed by atoms with Crippen molar-refractivity contribution < 1.29 is 4.79 Å². The Labute approximate surface area is 94.0 Å². The molecular weight excluding hydrogens is 186 g/mol. The molecule has 15 heavy (non-hydrogen) atoms. The Hall–Kier alpha value is -0.530. The van der Waals surface area contributed by atoms with Crippen LogP contribution in [0.15, 0.2) is 0 Å². The molecule has 0 aliphatic carbocycles. The van der Waals surface area contributed by atoms with Crippen LogP contribution in [0.5, 0.6) is 0 Å². The first-order chi connectivity index (χ1) is 7.27. The van der Waals surface area contributed by atoms with E-state index in [-0.39, 0.29) is 0 Å². The minimum absolute atomic E-state index is 0.381. The molecule has 1 aliphatic heterocycles. The fourth-order valence-corrected chi connectivity index (χ4v) is 2.37. The number of rotatable bonds is 5. The van der Waals surface area contributed by atoms with Gasteiger partial charge in [-0.2, -0.15) is 0 Å². The number of amides is 1. The Kier molecular flexibility index (Phi) is 5.74. The normalized spacial score (nSPS) is 18.1. The van der Waals surface area contributed by atoms with Crippen LogP contribution in [0.1, 0.15) is 58.8 Å². The summed E-state index contributed by atoms with van der Waals surface area (Å²) < 4.78 is 0. The third-order valence-electron chi connectivity index (χ3n) is 3.41. The molecule has 0 aromatic heterocycles. The van der Waals surface area contributed by atoms with Crippen LogP contribution in [0.25, 0.3) is 0 Å². The molecule has 0 aromatic carbocycles. The Balaban J connectivity index is 2.21. The lowest BCUT2D eigenvalue weighted by molar-refractivity contribution is -0.132. The van der Waals surface area contributed by atoms with Crippen molar-refractivity contribution in [1.29, 1.82) is 0 Å². The van der Waals surface area contributed by atoms with Gasteiger partial charge >= 0.3 is 0 Å². The van der Waals surface area contributed by atoms with E-state index in [2.05, 4.69) is 18.7 Å². The second-order valence-corrected chi connectivity index (χ2v) is 4.72. The lowest BCUT2D eigenvalue weighted by Gasteiger charge is -2.32. The second kappa shape index (κ2) is 6.86. The highest BCUT2D eigenvalue weighted by Crippen LogP contribution is 2.22. The molecule has 2 heteroatoms. The molecule has 0 N–H and O–H groups in total. The van der Waals surface area contributed by atoms with E-state index < -0.39 is 0 Å². The fourth-order valence-electron chi connectivity index (χ4n) is 2.37. The highest BCUT2D eigenvalue weighted by molar-refractivity contribution is 5.76. The minimum Gasteiger partial charge on any atom is -0.343 e. The lowest BCUT2D eigenvalue weighted by atomic mass is 9.92. The number of nitrogens with zero attached hydrogens (tertiary/aromatic N) is 1. The smallest absolute Gasteiger partial charge is 0.222 e. The summed E-state index contributed by atoms with van der Waals surface area (Å²) >= 11 is 0. The van der Waals surface area contributed by atoms with Gasteiger partial charge in [0.25, 0.3) is 0 Å². The fraction of sp³-hybridized carbons (Fsp3) is 0.923. The number of hydrogen-bond acceptors (Lipinski definition) is 1. The standard InChI is InChI=1S/C13H25NO/c1-3-5-7-13(15)14-10-8-12(6-4-2)9-11-14/h12H,3-11H2,1-2H3. The molecule has 0 bridgehead atoms. The van der Waals surface area contributed by atoms with Crippen molar-refractivity contribution in [3.8, 4) is 0 Å². The van der Waals surface area contributed by atoms with Crippen molar-refractivity contribution in [2.24, 2.45) is 5.92 Å². The first kappa shape index (κ1) is 12.5. The maximum atomic E-state index is 11.7. The monoisotopic (exact) mass is 211 g/mol. The van der Waals surface area contributed by atoms with Gasteiger partial charge in [-0.05, 0) is 25.2 Å². The molecular formula is C13H25NO. The summed E-state index contributed by atoms with van der Waals surface area (Å²) in [6.07, 6.45) is 8.02. The molecule has 1 saturated heterocycles. The van der Waals surface area contributed by atoms with Crippen LogP contribution < -0.4 is 0 Å². The summed E-state index contributed by atoms with van der Waals surface area (Å²) in [6, 6.07) is 0. The Morgan fingerprint density at radius 2 is 1.87 bits per heavy atom. The van der Waals surface area contributed by atoms with Gasteiger partial charge in [-0.1, -0.05) is 33.1 Å². The third kappa shape index (κ3) is 4.23. The van der Waals surface area contributed by atoms with E-state index >= 15 is 0 Å². The Morgan fingerprint density at radius 3 is 2.40 bits per heavy atom. The van der Waals surface area contributed by atoms with Gasteiger partial charge in [0, 0.05) is 19.5 Å². The largest absolute Gasteiger partial charge is 0.343 e. The van der Waals surface area contributed by atoms with E-state index in [1.807, 2.05) is 0 Å². The molecule has 2 nitrogen and oxygen atoms in total. The van der Waals surface area contributed by atoms with Crippen LogP contribution in [-0.4, -0.2) is 23.9 Å². The highest BCUT2D eigenvalue weighted by atomic mass is 16.2. The summed E-state index contributed by atoms with van der Waals surface area (Å²) in [5.74, 6) is 1.26. The molecule has 1 fully saturated rings. The molecule has 0 spiro atoms. The molecule has 0 radical (unpaired) electrons. The van der Waals surface area contributed by atoms with Gasteiger partial charge < -0.3 is 4.90 Å². The van der Waals surface area contributed by atoms with E-state index in [1.165, 1.54) is 25.7 Å². The number of piperidine rings is 1. The number of carbonyl (C=O) groups is 1. The average Bonchev–Trinajstić information content (AvgIpc) is 2.27. The van der Waals surface area contributed by atoms with Gasteiger partial charge in [0.1, 0.15) is 0 Å². The Morgan fingerprint density at radius 1 is 1.20 bits per heavy atom. The van der Waals surface area contributed by atoms with E-state index in [0.717, 1.165) is 38.3 Å². The maximum absolute atomic E-state index is 11.7. The molecule has 1 aliphatic rings. The van der Waals surface area contributed by atoms with Crippen LogP contribution in [0.4, 0.5) is 0 Å². The summed E-state index contributed by atoms with van der Waals surface area (Å²) in [5.41, 5.74) is 0. The number of likely N-dealkylation sites (tertiary alicyclic amines) is 1. The van der Waals surface area contributed by atoms with Gasteiger partial charge in [-0.3, -0.25) is 4.79 Å². The first-order valence-electron chi connectivity index (χ1n) is 6.55. The lowest BCUT2D eigenvalue weighted by Crippen LogP contribution is -2.38. The topological polar surface area (TPSA) is 20.3 Å². The summed E-state index contributed by atoms with van der Waals surface area (Å²) in [7, 11) is 0. The van der Waals surface area contributed by atoms with Gasteiger partial charge in [0.2, 0.25) is 5.91 Å². The minimum atomic E-state index is 0.381. The predicted molar refractivity (Wildman–Crippen MR) is 63.7 cm³/mol. The average molecular weight is 211 g/mol. The van der Waals surface area contributed by atoms with E-state index in [9.17, 15) is 4.79 Å². The molecule has 0 saturated carbocycles. The second-order valence-electron chi connectivity index (χ2n) is 4.72. The summed E-state index contributed by atoms with van der Waals surface area (Å²) in [4.78, 5) is 13.8. The number of carbonyl (C=O) groups excluding carboxylic acids is 1. The maximum Gasteiger partial charge on any atom is 0.222 e. The molecule has 0 aromatic rings. The SMILES string of the molecule is CCCCC(=O)N1CCC(CCC)CC1. The number of unbranched alkanes of at least 4 members (excludes halogenated alkanes) is 1. The number of hydrogen-bond donors (Lipinski definition) is 0. The van der Waals surface area contributed by atoms with Crippen LogP contribution in [0.3, 0.4) is 0 Å². The molecule has 1 rings (SSSR count). The van der Waals surface area contributed by atoms with Crippen LogP contribution in [-0.2, 0) is 4.79 Å². The van der Waals surface area contributed by atoms with Crippen molar-refractivity contribution in [3.05, 3.63) is 0 Å². The van der Waals surface area contributed by atoms with Crippen molar-refractivity contribution >= 4 is 5.91 Å². The van der Waals surface area contributed by atoms with E-state index in [0.29, 0.717) is 5.91 Å². The summed E-state index contributed by atoms with van der Waals surface area (Å²) in [5, 5.41) is 0. The van der Waals surface area contributed by atoms with Crippen LogP contribution in [0, 0.1) is 5.92 Å². The highest BCUT2D eigenvalue weighted by Gasteiger charge is 2.21. The van der Waals surface area contributed by atoms with Crippen molar-refractivity contribution in [2.75, 3.05) is 13.1 Å². The van der Waals surface area contributed by atoms with Crippen molar-refractivity contribution in [2.45, 2.75) is 58.8 Å². The Bertz CT molecular complexity index is 183. The van der Waals surface area contributed by atoms with Gasteiger partial charge in [-0.25, -0.2) is 0 Å². The van der Waals surface area contributed by atoms with Crippen LogP contribution in [0.2, 0.25) is 0 Å². The molecule has 0 atom stereocenters. The van der Waals surface area contributed by atoms with Crippen molar-refractivity contribution in [1.82, 2.24) is 4.90 Å². The third-order valence-corrected chi connectivity index (χ3v) is 3.41. The zero-order valence-electron chi connectivity index (χ0n) is 10.3. The predicted octanol–water partition coefficient (Wildman–Crippen LogP) is 3.22. The zero-order valence-corrected chi connectivity index (χ0v) is 10.3. The van der Waals surface area contributed by atoms with Crippen LogP contribution >= 0.6 is 0 Å². The van der Waals surface area contributed by atoms with Gasteiger partial charge in [-0.15, -0.1) is 0 Å². The van der Waals surface area contributed by atoms with Gasteiger partial charge in [0.15, 0.2) is 0 Å².